The third kappa shape index (κ3) is 2.97. The number of nitrogens with two attached hydrogens (primary N) is 1. The first-order valence-electron chi connectivity index (χ1n) is 5.82. The number of rotatable bonds is 6. The Hall–Kier alpha value is -0.760. The molecule has 98 valence electrons. The van der Waals surface area contributed by atoms with E-state index < -0.39 is 0 Å². The van der Waals surface area contributed by atoms with Gasteiger partial charge in [0.1, 0.15) is 12.2 Å². The second-order valence-electron chi connectivity index (χ2n) is 3.96. The number of aryl methyl sites for hydroxylation is 1. The number of hydrazine groups is 1. The summed E-state index contributed by atoms with van der Waals surface area (Å²) < 4.78 is 3.02. The van der Waals surface area contributed by atoms with Crippen molar-refractivity contribution in [2.45, 2.75) is 32.4 Å². The normalized spacial score (nSPS) is 12.8. The monoisotopic (exact) mass is 329 g/mol. The highest BCUT2D eigenvalue weighted by atomic mass is 79.9. The standard InChI is InChI=1S/C11H16BrN5S/c1-2-4-17-10(14-7-15-17)6-9(16-13)11-8(12)3-5-18-11/h3,5,7,9,16H,2,4,6,13H2,1H3. The van der Waals surface area contributed by atoms with E-state index in [0.29, 0.717) is 0 Å². The van der Waals surface area contributed by atoms with Gasteiger partial charge >= 0.3 is 0 Å². The summed E-state index contributed by atoms with van der Waals surface area (Å²) in [5.74, 6) is 6.61. The number of nitrogens with zero attached hydrogens (tertiary/aromatic N) is 3. The average molecular weight is 330 g/mol. The molecule has 2 aromatic rings. The van der Waals surface area contributed by atoms with Crippen LogP contribution in [0.5, 0.6) is 0 Å². The fraction of sp³-hybridized carbons (Fsp3) is 0.455. The Bertz CT molecular complexity index is 495. The first kappa shape index (κ1) is 13.7. The van der Waals surface area contributed by atoms with Gasteiger partial charge in [-0.15, -0.1) is 11.3 Å². The summed E-state index contributed by atoms with van der Waals surface area (Å²) in [4.78, 5) is 5.49. The highest BCUT2D eigenvalue weighted by Crippen LogP contribution is 2.30. The molecule has 3 N–H and O–H groups in total. The SMILES string of the molecule is CCCn1ncnc1CC(NN)c1sccc1Br. The summed E-state index contributed by atoms with van der Waals surface area (Å²) in [6.07, 6.45) is 3.37. The van der Waals surface area contributed by atoms with Crippen LogP contribution in [0, 0.1) is 0 Å². The molecule has 0 amide bonds. The number of hydrogen-bond donors (Lipinski definition) is 2. The summed E-state index contributed by atoms with van der Waals surface area (Å²) in [6.45, 7) is 3.01. The lowest BCUT2D eigenvalue weighted by Gasteiger charge is -2.15. The van der Waals surface area contributed by atoms with Crippen LogP contribution in [0.2, 0.25) is 0 Å². The molecule has 0 saturated heterocycles. The molecule has 0 aliphatic rings. The minimum atomic E-state index is 0.0548. The van der Waals surface area contributed by atoms with E-state index in [9.17, 15) is 0 Å². The van der Waals surface area contributed by atoms with Gasteiger partial charge in [0.05, 0.1) is 6.04 Å². The summed E-state index contributed by atoms with van der Waals surface area (Å²) in [6, 6.07) is 2.08. The van der Waals surface area contributed by atoms with Crippen LogP contribution >= 0.6 is 27.3 Å². The molecule has 0 aromatic carbocycles. The van der Waals surface area contributed by atoms with Crippen LogP contribution in [-0.4, -0.2) is 14.8 Å². The Morgan fingerprint density at radius 3 is 3.06 bits per heavy atom. The molecule has 2 rings (SSSR count). The molecule has 7 heteroatoms. The molecule has 0 fully saturated rings. The molecule has 0 bridgehead atoms. The van der Waals surface area contributed by atoms with Crippen LogP contribution in [-0.2, 0) is 13.0 Å². The molecule has 1 atom stereocenters. The molecule has 5 nitrogen and oxygen atoms in total. The summed E-state index contributed by atoms with van der Waals surface area (Å²) in [5.41, 5.74) is 2.85. The van der Waals surface area contributed by atoms with E-state index in [4.69, 9.17) is 5.84 Å². The van der Waals surface area contributed by atoms with E-state index in [1.165, 1.54) is 4.88 Å². The largest absolute Gasteiger partial charge is 0.271 e. The maximum atomic E-state index is 5.65. The van der Waals surface area contributed by atoms with Crippen molar-refractivity contribution in [2.24, 2.45) is 5.84 Å². The van der Waals surface area contributed by atoms with Crippen molar-refractivity contribution in [3.8, 4) is 0 Å². The van der Waals surface area contributed by atoms with E-state index in [1.54, 1.807) is 17.7 Å². The molecule has 0 radical (unpaired) electrons. The molecule has 1 unspecified atom stereocenters. The van der Waals surface area contributed by atoms with Crippen LogP contribution in [0.25, 0.3) is 0 Å². The van der Waals surface area contributed by atoms with Gasteiger partial charge in [-0.2, -0.15) is 5.10 Å². The zero-order chi connectivity index (χ0) is 13.0. The molecule has 0 aliphatic carbocycles. The fourth-order valence-corrected chi connectivity index (χ4v) is 3.52. The van der Waals surface area contributed by atoms with E-state index in [1.807, 2.05) is 16.1 Å². The predicted molar refractivity (Wildman–Crippen MR) is 76.1 cm³/mol. The van der Waals surface area contributed by atoms with Gasteiger partial charge in [-0.3, -0.25) is 16.0 Å². The van der Waals surface area contributed by atoms with Crippen LogP contribution < -0.4 is 11.3 Å². The lowest BCUT2D eigenvalue weighted by atomic mass is 10.1. The van der Waals surface area contributed by atoms with Crippen molar-refractivity contribution in [3.05, 3.63) is 32.9 Å². The summed E-state index contributed by atoms with van der Waals surface area (Å²) in [5, 5.41) is 6.27. The number of hydrogen-bond acceptors (Lipinski definition) is 5. The van der Waals surface area contributed by atoms with Gasteiger partial charge in [0.15, 0.2) is 0 Å². The highest BCUT2D eigenvalue weighted by Gasteiger charge is 2.18. The van der Waals surface area contributed by atoms with Gasteiger partial charge in [0.25, 0.3) is 0 Å². The molecule has 2 aromatic heterocycles. The summed E-state index contributed by atoms with van der Waals surface area (Å²) >= 11 is 5.21. The van der Waals surface area contributed by atoms with E-state index in [0.717, 1.165) is 29.7 Å². The topological polar surface area (TPSA) is 68.8 Å². The van der Waals surface area contributed by atoms with Crippen molar-refractivity contribution in [1.29, 1.82) is 0 Å². The van der Waals surface area contributed by atoms with Gasteiger partial charge in [0.2, 0.25) is 0 Å². The summed E-state index contributed by atoms with van der Waals surface area (Å²) in [7, 11) is 0. The second kappa shape index (κ2) is 6.42. The van der Waals surface area contributed by atoms with E-state index in [-0.39, 0.29) is 6.04 Å². The maximum Gasteiger partial charge on any atom is 0.138 e. The molecule has 0 spiro atoms. The van der Waals surface area contributed by atoms with E-state index in [2.05, 4.69) is 38.4 Å². The van der Waals surface area contributed by atoms with Gasteiger partial charge in [-0.1, -0.05) is 6.92 Å². The fourth-order valence-electron chi connectivity index (χ4n) is 1.81. The first-order valence-corrected chi connectivity index (χ1v) is 7.49. The smallest absolute Gasteiger partial charge is 0.138 e. The van der Waals surface area contributed by atoms with Crippen molar-refractivity contribution >= 4 is 27.3 Å². The van der Waals surface area contributed by atoms with E-state index >= 15 is 0 Å². The molecule has 0 saturated carbocycles. The molecule has 18 heavy (non-hydrogen) atoms. The first-order chi connectivity index (χ1) is 8.76. The Labute approximate surface area is 119 Å². The molecular weight excluding hydrogens is 314 g/mol. The number of aromatic nitrogens is 3. The zero-order valence-corrected chi connectivity index (χ0v) is 12.5. The Morgan fingerprint density at radius 1 is 1.61 bits per heavy atom. The number of halogens is 1. The van der Waals surface area contributed by atoms with Crippen molar-refractivity contribution < 1.29 is 0 Å². The van der Waals surface area contributed by atoms with Crippen LogP contribution in [0.15, 0.2) is 22.2 Å². The number of thiophene rings is 1. The maximum absolute atomic E-state index is 5.65. The Kier molecular flexibility index (Phi) is 4.87. The van der Waals surface area contributed by atoms with Crippen LogP contribution in [0.4, 0.5) is 0 Å². The van der Waals surface area contributed by atoms with Gasteiger partial charge in [-0.05, 0) is 33.8 Å². The van der Waals surface area contributed by atoms with Gasteiger partial charge in [-0.25, -0.2) is 4.98 Å². The van der Waals surface area contributed by atoms with Crippen LogP contribution in [0.3, 0.4) is 0 Å². The zero-order valence-electron chi connectivity index (χ0n) is 10.1. The van der Waals surface area contributed by atoms with Gasteiger partial charge in [0, 0.05) is 22.3 Å². The van der Waals surface area contributed by atoms with Crippen molar-refractivity contribution in [3.63, 3.8) is 0 Å². The second-order valence-corrected chi connectivity index (χ2v) is 5.76. The molecular formula is C11H16BrN5S. The lowest BCUT2D eigenvalue weighted by molar-refractivity contribution is 0.503. The predicted octanol–water partition coefficient (Wildman–Crippen LogP) is 2.26. The van der Waals surface area contributed by atoms with Crippen LogP contribution in [0.1, 0.15) is 30.1 Å². The number of nitrogens with one attached hydrogen (secondary N) is 1. The third-order valence-corrected chi connectivity index (χ3v) is 4.66. The van der Waals surface area contributed by atoms with Crippen molar-refractivity contribution in [1.82, 2.24) is 20.2 Å². The third-order valence-electron chi connectivity index (χ3n) is 2.68. The highest BCUT2D eigenvalue weighted by molar-refractivity contribution is 9.10. The lowest BCUT2D eigenvalue weighted by Crippen LogP contribution is -2.30. The average Bonchev–Trinajstić information content (AvgIpc) is 2.96. The minimum Gasteiger partial charge on any atom is -0.271 e. The Balaban J connectivity index is 2.15. The quantitative estimate of drug-likeness (QED) is 0.630. The molecule has 0 aliphatic heterocycles. The van der Waals surface area contributed by atoms with Gasteiger partial charge < -0.3 is 0 Å². The Morgan fingerprint density at radius 2 is 2.44 bits per heavy atom. The van der Waals surface area contributed by atoms with Crippen molar-refractivity contribution in [2.75, 3.05) is 0 Å². The molecule has 2 heterocycles. The minimum absolute atomic E-state index is 0.0548.